The zero-order valence-corrected chi connectivity index (χ0v) is 11.0. The van der Waals surface area contributed by atoms with Gasteiger partial charge in [-0.05, 0) is 31.4 Å². The molecule has 0 amide bonds. The predicted molar refractivity (Wildman–Crippen MR) is 71.4 cm³/mol. The van der Waals surface area contributed by atoms with Gasteiger partial charge < -0.3 is 10.1 Å². The molecule has 1 aliphatic heterocycles. The minimum Gasteiger partial charge on any atom is -0.481 e. The molecule has 1 aromatic heterocycles. The van der Waals surface area contributed by atoms with Gasteiger partial charge in [0.2, 0.25) is 5.88 Å². The molecule has 1 aliphatic rings. The third-order valence-electron chi connectivity index (χ3n) is 3.41. The minimum absolute atomic E-state index is 0.0363. The van der Waals surface area contributed by atoms with Crippen molar-refractivity contribution in [2.45, 2.75) is 39.2 Å². The number of pyridine rings is 1. The summed E-state index contributed by atoms with van der Waals surface area (Å²) in [5, 5.41) is 3.54. The van der Waals surface area contributed by atoms with Crippen LogP contribution in [-0.2, 0) is 0 Å². The van der Waals surface area contributed by atoms with E-state index in [-0.39, 0.29) is 5.54 Å². The Labute approximate surface area is 103 Å². The molecule has 0 radical (unpaired) electrons. The average Bonchev–Trinajstić information content (AvgIpc) is 2.37. The Morgan fingerprint density at radius 2 is 2.12 bits per heavy atom. The molecule has 2 rings (SSSR count). The van der Waals surface area contributed by atoms with E-state index < -0.39 is 0 Å². The van der Waals surface area contributed by atoms with Crippen LogP contribution in [0.3, 0.4) is 0 Å². The summed E-state index contributed by atoms with van der Waals surface area (Å²) in [5.41, 5.74) is 3.46. The van der Waals surface area contributed by atoms with Crippen LogP contribution in [0, 0.1) is 0 Å². The van der Waals surface area contributed by atoms with Gasteiger partial charge in [0.15, 0.2) is 0 Å². The van der Waals surface area contributed by atoms with Crippen molar-refractivity contribution in [3.05, 3.63) is 23.9 Å². The van der Waals surface area contributed by atoms with Crippen molar-refractivity contribution in [3.8, 4) is 5.88 Å². The van der Waals surface area contributed by atoms with Crippen molar-refractivity contribution in [1.29, 1.82) is 0 Å². The molecule has 0 saturated heterocycles. The monoisotopic (exact) mass is 232 g/mol. The van der Waals surface area contributed by atoms with E-state index in [1.807, 2.05) is 6.07 Å². The van der Waals surface area contributed by atoms with Crippen molar-refractivity contribution < 1.29 is 4.74 Å². The maximum absolute atomic E-state index is 5.19. The van der Waals surface area contributed by atoms with Gasteiger partial charge in [0.05, 0.1) is 24.0 Å². The molecule has 1 aromatic rings. The van der Waals surface area contributed by atoms with Crippen molar-refractivity contribution >= 4 is 11.3 Å². The predicted octanol–water partition coefficient (Wildman–Crippen LogP) is 3.48. The van der Waals surface area contributed by atoms with Crippen LogP contribution in [0.4, 0.5) is 5.69 Å². The third-order valence-corrected chi connectivity index (χ3v) is 3.41. The standard InChI is InChI=1S/C14H20N2O/c1-5-10-9-14(3,6-2)16-11-7-8-12(17-4)15-13(10)11/h7-9,16H,5-6H2,1-4H3. The summed E-state index contributed by atoms with van der Waals surface area (Å²) in [7, 11) is 1.65. The highest BCUT2D eigenvalue weighted by molar-refractivity contribution is 5.78. The Morgan fingerprint density at radius 3 is 2.71 bits per heavy atom. The number of rotatable bonds is 3. The van der Waals surface area contributed by atoms with Gasteiger partial charge in [0, 0.05) is 6.07 Å². The number of hydrogen-bond acceptors (Lipinski definition) is 3. The second kappa shape index (κ2) is 4.40. The van der Waals surface area contributed by atoms with Gasteiger partial charge in [-0.3, -0.25) is 0 Å². The van der Waals surface area contributed by atoms with E-state index >= 15 is 0 Å². The van der Waals surface area contributed by atoms with Crippen molar-refractivity contribution in [2.75, 3.05) is 12.4 Å². The fourth-order valence-corrected chi connectivity index (χ4v) is 2.16. The zero-order chi connectivity index (χ0) is 12.5. The van der Waals surface area contributed by atoms with E-state index in [4.69, 9.17) is 4.74 Å². The van der Waals surface area contributed by atoms with Crippen LogP contribution in [0.25, 0.3) is 5.57 Å². The summed E-state index contributed by atoms with van der Waals surface area (Å²) in [6.45, 7) is 6.58. The Bertz CT molecular complexity index is 454. The van der Waals surface area contributed by atoms with Crippen LogP contribution in [0.2, 0.25) is 0 Å². The fraction of sp³-hybridized carbons (Fsp3) is 0.500. The summed E-state index contributed by atoms with van der Waals surface area (Å²) >= 11 is 0. The molecule has 0 aliphatic carbocycles. The largest absolute Gasteiger partial charge is 0.481 e. The maximum atomic E-state index is 5.19. The number of methoxy groups -OCH3 is 1. The molecule has 3 heteroatoms. The smallest absolute Gasteiger partial charge is 0.213 e. The number of aromatic nitrogens is 1. The van der Waals surface area contributed by atoms with Crippen LogP contribution in [0.5, 0.6) is 5.88 Å². The highest BCUT2D eigenvalue weighted by atomic mass is 16.5. The summed E-state index contributed by atoms with van der Waals surface area (Å²) in [4.78, 5) is 4.53. The second-order valence-corrected chi connectivity index (χ2v) is 4.67. The molecule has 1 atom stereocenters. The topological polar surface area (TPSA) is 34.1 Å². The first kappa shape index (κ1) is 12.0. The minimum atomic E-state index is 0.0363. The van der Waals surface area contributed by atoms with E-state index in [1.165, 1.54) is 5.57 Å². The third kappa shape index (κ3) is 2.14. The first-order valence-corrected chi connectivity index (χ1v) is 6.17. The molecule has 92 valence electrons. The molecule has 3 nitrogen and oxygen atoms in total. The summed E-state index contributed by atoms with van der Waals surface area (Å²) in [6.07, 6.45) is 4.34. The molecule has 0 fully saturated rings. The fourth-order valence-electron chi connectivity index (χ4n) is 2.16. The number of fused-ring (bicyclic) bond motifs is 1. The maximum Gasteiger partial charge on any atom is 0.213 e. The quantitative estimate of drug-likeness (QED) is 0.866. The Balaban J connectivity index is 2.50. The Kier molecular flexibility index (Phi) is 3.09. The van der Waals surface area contributed by atoms with Crippen LogP contribution in [0.1, 0.15) is 39.3 Å². The van der Waals surface area contributed by atoms with Crippen molar-refractivity contribution in [1.82, 2.24) is 4.98 Å². The van der Waals surface area contributed by atoms with Crippen molar-refractivity contribution in [2.24, 2.45) is 0 Å². The molecular weight excluding hydrogens is 212 g/mol. The molecule has 0 spiro atoms. The van der Waals surface area contributed by atoms with E-state index in [9.17, 15) is 0 Å². The number of hydrogen-bond donors (Lipinski definition) is 1. The first-order valence-electron chi connectivity index (χ1n) is 6.17. The molecule has 17 heavy (non-hydrogen) atoms. The lowest BCUT2D eigenvalue weighted by Crippen LogP contribution is -2.34. The van der Waals surface area contributed by atoms with Crippen LogP contribution in [-0.4, -0.2) is 17.6 Å². The van der Waals surface area contributed by atoms with Crippen LogP contribution >= 0.6 is 0 Å². The molecule has 0 bridgehead atoms. The molecule has 1 unspecified atom stereocenters. The highest BCUT2D eigenvalue weighted by Crippen LogP contribution is 2.36. The van der Waals surface area contributed by atoms with Crippen molar-refractivity contribution in [3.63, 3.8) is 0 Å². The van der Waals surface area contributed by atoms with Gasteiger partial charge >= 0.3 is 0 Å². The highest BCUT2D eigenvalue weighted by Gasteiger charge is 2.27. The van der Waals surface area contributed by atoms with E-state index in [2.05, 4.69) is 43.2 Å². The number of anilines is 1. The normalized spacial score (nSPS) is 22.5. The lowest BCUT2D eigenvalue weighted by atomic mass is 9.89. The van der Waals surface area contributed by atoms with Crippen LogP contribution < -0.4 is 10.1 Å². The SMILES string of the molecule is CCC1=CC(C)(CC)Nc2ccc(OC)nc21. The van der Waals surface area contributed by atoms with Gasteiger partial charge in [-0.15, -0.1) is 0 Å². The van der Waals surface area contributed by atoms with E-state index in [0.29, 0.717) is 5.88 Å². The Hall–Kier alpha value is -1.51. The van der Waals surface area contributed by atoms with Gasteiger partial charge in [-0.25, -0.2) is 4.98 Å². The van der Waals surface area contributed by atoms with Gasteiger partial charge in [0.25, 0.3) is 0 Å². The van der Waals surface area contributed by atoms with E-state index in [1.54, 1.807) is 7.11 Å². The summed E-state index contributed by atoms with van der Waals surface area (Å²) < 4.78 is 5.19. The van der Waals surface area contributed by atoms with E-state index in [0.717, 1.165) is 24.2 Å². The molecule has 0 saturated carbocycles. The van der Waals surface area contributed by atoms with Gasteiger partial charge in [-0.2, -0.15) is 0 Å². The molecule has 1 N–H and O–H groups in total. The molecule has 2 heterocycles. The summed E-state index contributed by atoms with van der Waals surface area (Å²) in [6, 6.07) is 3.96. The average molecular weight is 232 g/mol. The molecular formula is C14H20N2O. The lowest BCUT2D eigenvalue weighted by Gasteiger charge is -2.34. The lowest BCUT2D eigenvalue weighted by molar-refractivity contribution is 0.397. The number of ether oxygens (including phenoxy) is 1. The number of allylic oxidation sites excluding steroid dienone is 1. The number of nitrogens with zero attached hydrogens (tertiary/aromatic N) is 1. The van der Waals surface area contributed by atoms with Gasteiger partial charge in [0.1, 0.15) is 0 Å². The second-order valence-electron chi connectivity index (χ2n) is 4.67. The zero-order valence-electron chi connectivity index (χ0n) is 11.0. The number of nitrogens with one attached hydrogen (secondary N) is 1. The first-order chi connectivity index (χ1) is 8.11. The van der Waals surface area contributed by atoms with Gasteiger partial charge in [-0.1, -0.05) is 19.9 Å². The molecule has 0 aromatic carbocycles. The summed E-state index contributed by atoms with van der Waals surface area (Å²) in [5.74, 6) is 0.671. The Morgan fingerprint density at radius 1 is 1.35 bits per heavy atom. The van der Waals surface area contributed by atoms with Crippen LogP contribution in [0.15, 0.2) is 18.2 Å².